The van der Waals surface area contributed by atoms with Crippen molar-refractivity contribution in [2.75, 3.05) is 0 Å². The fraction of sp³-hybridized carbons (Fsp3) is 0.857. The standard InChI is InChI=1S/C14H22O4/c1-11(2)7-13(5,9(15)17-11)14(6)8-12(3,4)18-10(14)16/h7-8H2,1-6H3/t13-,14+. The molecule has 2 fully saturated rings. The van der Waals surface area contributed by atoms with Gasteiger partial charge < -0.3 is 9.47 Å². The fourth-order valence-electron chi connectivity index (χ4n) is 3.49. The molecule has 0 aromatic rings. The molecule has 0 bridgehead atoms. The molecular weight excluding hydrogens is 232 g/mol. The highest BCUT2D eigenvalue weighted by Gasteiger charge is 2.67. The largest absolute Gasteiger partial charge is 0.459 e. The van der Waals surface area contributed by atoms with Crippen LogP contribution in [-0.2, 0) is 19.1 Å². The summed E-state index contributed by atoms with van der Waals surface area (Å²) < 4.78 is 10.8. The summed E-state index contributed by atoms with van der Waals surface area (Å²) in [6.07, 6.45) is 1.08. The van der Waals surface area contributed by atoms with E-state index in [4.69, 9.17) is 9.47 Å². The Morgan fingerprint density at radius 1 is 0.722 bits per heavy atom. The molecule has 0 unspecified atom stereocenters. The van der Waals surface area contributed by atoms with Gasteiger partial charge in [0.25, 0.3) is 0 Å². The van der Waals surface area contributed by atoms with Crippen LogP contribution < -0.4 is 0 Å². The van der Waals surface area contributed by atoms with Crippen LogP contribution >= 0.6 is 0 Å². The van der Waals surface area contributed by atoms with Crippen LogP contribution in [-0.4, -0.2) is 23.1 Å². The summed E-state index contributed by atoms with van der Waals surface area (Å²) in [4.78, 5) is 24.5. The van der Waals surface area contributed by atoms with Crippen LogP contribution in [0.4, 0.5) is 0 Å². The summed E-state index contributed by atoms with van der Waals surface area (Å²) >= 11 is 0. The molecule has 4 heteroatoms. The second-order valence-corrected chi connectivity index (χ2v) is 7.32. The Labute approximate surface area is 108 Å². The van der Waals surface area contributed by atoms with Gasteiger partial charge in [0.05, 0.1) is 10.8 Å². The molecule has 4 nitrogen and oxygen atoms in total. The van der Waals surface area contributed by atoms with Gasteiger partial charge in [-0.1, -0.05) is 0 Å². The highest BCUT2D eigenvalue weighted by Crippen LogP contribution is 2.58. The molecule has 18 heavy (non-hydrogen) atoms. The first-order valence-electron chi connectivity index (χ1n) is 6.39. The van der Waals surface area contributed by atoms with Gasteiger partial charge in [-0.3, -0.25) is 9.59 Å². The monoisotopic (exact) mass is 254 g/mol. The lowest BCUT2D eigenvalue weighted by Crippen LogP contribution is -2.45. The van der Waals surface area contributed by atoms with Gasteiger partial charge in [0.1, 0.15) is 11.2 Å². The second kappa shape index (κ2) is 3.28. The van der Waals surface area contributed by atoms with E-state index in [9.17, 15) is 9.59 Å². The Morgan fingerprint density at radius 2 is 1.00 bits per heavy atom. The van der Waals surface area contributed by atoms with Crippen LogP contribution in [0.15, 0.2) is 0 Å². The molecule has 2 saturated heterocycles. The summed E-state index contributed by atoms with van der Waals surface area (Å²) in [5, 5.41) is 0. The molecule has 0 N–H and O–H groups in total. The number of rotatable bonds is 1. The number of ether oxygens (including phenoxy) is 2. The summed E-state index contributed by atoms with van der Waals surface area (Å²) in [6, 6.07) is 0. The van der Waals surface area contributed by atoms with Crippen LogP contribution in [0.1, 0.15) is 54.4 Å². The summed E-state index contributed by atoms with van der Waals surface area (Å²) in [5.41, 5.74) is -2.63. The summed E-state index contributed by atoms with van der Waals surface area (Å²) in [6.45, 7) is 11.2. The lowest BCUT2D eigenvalue weighted by molar-refractivity contribution is -0.165. The number of esters is 2. The van der Waals surface area contributed by atoms with E-state index in [0.717, 1.165) is 0 Å². The van der Waals surface area contributed by atoms with Crippen LogP contribution in [0.3, 0.4) is 0 Å². The minimum Gasteiger partial charge on any atom is -0.459 e. The van der Waals surface area contributed by atoms with Gasteiger partial charge >= 0.3 is 11.9 Å². The van der Waals surface area contributed by atoms with E-state index in [-0.39, 0.29) is 11.9 Å². The maximum atomic E-state index is 12.2. The van der Waals surface area contributed by atoms with E-state index < -0.39 is 22.0 Å². The van der Waals surface area contributed by atoms with Gasteiger partial charge in [-0.25, -0.2) is 0 Å². The highest BCUT2D eigenvalue weighted by molar-refractivity contribution is 5.90. The quantitative estimate of drug-likeness (QED) is 0.674. The molecule has 0 aromatic heterocycles. The highest BCUT2D eigenvalue weighted by atomic mass is 16.6. The van der Waals surface area contributed by atoms with E-state index in [0.29, 0.717) is 12.8 Å². The lowest BCUT2D eigenvalue weighted by Gasteiger charge is -2.35. The first-order chi connectivity index (χ1) is 7.92. The molecule has 0 aromatic carbocycles. The number of carbonyl (C=O) groups is 2. The van der Waals surface area contributed by atoms with Crippen molar-refractivity contribution in [1.29, 1.82) is 0 Å². The topological polar surface area (TPSA) is 52.6 Å². The minimum atomic E-state index is -0.804. The van der Waals surface area contributed by atoms with Gasteiger partial charge in [-0.2, -0.15) is 0 Å². The average Bonchev–Trinajstić information content (AvgIpc) is 2.46. The van der Waals surface area contributed by atoms with Crippen molar-refractivity contribution in [2.24, 2.45) is 10.8 Å². The Morgan fingerprint density at radius 3 is 1.17 bits per heavy atom. The molecule has 2 aliphatic rings. The molecule has 0 saturated carbocycles. The third kappa shape index (κ3) is 1.65. The fourth-order valence-corrected chi connectivity index (χ4v) is 3.49. The maximum absolute atomic E-state index is 12.2. The van der Waals surface area contributed by atoms with Crippen molar-refractivity contribution >= 4 is 11.9 Å². The first kappa shape index (κ1) is 13.4. The summed E-state index contributed by atoms with van der Waals surface area (Å²) in [5.74, 6) is -0.575. The van der Waals surface area contributed by atoms with Gasteiger partial charge in [0.2, 0.25) is 0 Å². The zero-order chi connectivity index (χ0) is 14.0. The first-order valence-corrected chi connectivity index (χ1v) is 6.39. The molecule has 0 aliphatic carbocycles. The molecule has 0 amide bonds. The number of hydrogen-bond donors (Lipinski definition) is 0. The van der Waals surface area contributed by atoms with E-state index in [2.05, 4.69) is 0 Å². The van der Waals surface area contributed by atoms with Crippen molar-refractivity contribution in [3.05, 3.63) is 0 Å². The van der Waals surface area contributed by atoms with Crippen molar-refractivity contribution in [2.45, 2.75) is 65.6 Å². The molecule has 2 rings (SSSR count). The van der Waals surface area contributed by atoms with Gasteiger partial charge in [-0.15, -0.1) is 0 Å². The Hall–Kier alpha value is -1.06. The number of carbonyl (C=O) groups excluding carboxylic acids is 2. The second-order valence-electron chi connectivity index (χ2n) is 7.32. The van der Waals surface area contributed by atoms with Gasteiger partial charge in [0.15, 0.2) is 0 Å². The number of cyclic esters (lactones) is 2. The molecule has 2 heterocycles. The van der Waals surface area contributed by atoms with E-state index >= 15 is 0 Å². The van der Waals surface area contributed by atoms with Crippen LogP contribution in [0.2, 0.25) is 0 Å². The minimum absolute atomic E-state index is 0.287. The maximum Gasteiger partial charge on any atom is 0.313 e. The molecule has 102 valence electrons. The van der Waals surface area contributed by atoms with Crippen LogP contribution in [0, 0.1) is 10.8 Å². The predicted octanol–water partition coefficient (Wildman–Crippen LogP) is 2.45. The zero-order valence-corrected chi connectivity index (χ0v) is 12.0. The van der Waals surface area contributed by atoms with Crippen LogP contribution in [0.5, 0.6) is 0 Å². The smallest absolute Gasteiger partial charge is 0.313 e. The predicted molar refractivity (Wildman–Crippen MR) is 65.8 cm³/mol. The van der Waals surface area contributed by atoms with Crippen molar-refractivity contribution in [3.63, 3.8) is 0 Å². The molecule has 2 aliphatic heterocycles. The SMILES string of the molecule is CC1(C)C[C@](C)([C@]2(C)CC(C)(C)OC2=O)C(=O)O1. The van der Waals surface area contributed by atoms with E-state index in [1.54, 1.807) is 0 Å². The normalized spacial score (nSPS) is 41.7. The van der Waals surface area contributed by atoms with Crippen molar-refractivity contribution < 1.29 is 19.1 Å². The Balaban J connectivity index is 2.42. The van der Waals surface area contributed by atoms with Crippen LogP contribution in [0.25, 0.3) is 0 Å². The molecule has 0 spiro atoms. The lowest BCUT2D eigenvalue weighted by atomic mass is 9.60. The molecular formula is C14H22O4. The zero-order valence-electron chi connectivity index (χ0n) is 12.0. The molecule has 2 atom stereocenters. The third-order valence-corrected chi connectivity index (χ3v) is 4.42. The van der Waals surface area contributed by atoms with Crippen molar-refractivity contribution in [3.8, 4) is 0 Å². The van der Waals surface area contributed by atoms with Crippen molar-refractivity contribution in [1.82, 2.24) is 0 Å². The Kier molecular flexibility index (Phi) is 2.44. The average molecular weight is 254 g/mol. The Bertz CT molecular complexity index is 384. The third-order valence-electron chi connectivity index (χ3n) is 4.42. The van der Waals surface area contributed by atoms with E-state index in [1.807, 2.05) is 41.5 Å². The van der Waals surface area contributed by atoms with Gasteiger partial charge in [0, 0.05) is 12.8 Å². The number of hydrogen-bond acceptors (Lipinski definition) is 4. The van der Waals surface area contributed by atoms with Gasteiger partial charge in [-0.05, 0) is 41.5 Å². The molecule has 0 radical (unpaired) electrons. The van der Waals surface area contributed by atoms with E-state index in [1.165, 1.54) is 0 Å². The summed E-state index contributed by atoms with van der Waals surface area (Å²) in [7, 11) is 0.